The van der Waals surface area contributed by atoms with Crippen LogP contribution in [0.1, 0.15) is 34.3 Å². The number of alkyl halides is 3. The van der Waals surface area contributed by atoms with Crippen molar-refractivity contribution in [1.29, 1.82) is 5.26 Å². The first-order chi connectivity index (χ1) is 17.2. The van der Waals surface area contributed by atoms with E-state index in [4.69, 9.17) is 5.26 Å². The molecule has 1 fully saturated rings. The first-order valence-corrected chi connectivity index (χ1v) is 11.2. The van der Waals surface area contributed by atoms with E-state index in [0.717, 1.165) is 18.0 Å². The standard InChI is InChI=1S/C26H22F3N5O2/c27-26(28,29)20-4-2-6-22(14-20)33-25(36)19-3-1-5-21(13-19)32-24(35)18-9-11-34(12-10-18)23-8-7-17(15-30)16-31-23/h1-8,13-14,16,18H,9-12H2,(H,32,35)(H,33,36). The van der Waals surface area contributed by atoms with Gasteiger partial charge in [0.15, 0.2) is 0 Å². The summed E-state index contributed by atoms with van der Waals surface area (Å²) in [6.07, 6.45) is -1.77. The Morgan fingerprint density at radius 1 is 0.972 bits per heavy atom. The van der Waals surface area contributed by atoms with Crippen molar-refractivity contribution in [2.75, 3.05) is 28.6 Å². The molecule has 1 aromatic heterocycles. The molecule has 2 amide bonds. The minimum atomic E-state index is -4.51. The highest BCUT2D eigenvalue weighted by Gasteiger charge is 2.30. The topological polar surface area (TPSA) is 98.1 Å². The van der Waals surface area contributed by atoms with Crippen LogP contribution in [-0.4, -0.2) is 29.9 Å². The maximum atomic E-state index is 12.9. The number of carbonyl (C=O) groups is 2. The summed E-state index contributed by atoms with van der Waals surface area (Å²) in [4.78, 5) is 31.8. The predicted molar refractivity (Wildman–Crippen MR) is 128 cm³/mol. The van der Waals surface area contributed by atoms with Gasteiger partial charge in [-0.1, -0.05) is 12.1 Å². The zero-order valence-electron chi connectivity index (χ0n) is 19.0. The zero-order chi connectivity index (χ0) is 25.7. The quantitative estimate of drug-likeness (QED) is 0.517. The third-order valence-electron chi connectivity index (χ3n) is 5.91. The first kappa shape index (κ1) is 24.7. The molecule has 10 heteroatoms. The molecule has 1 aliphatic heterocycles. The van der Waals surface area contributed by atoms with Crippen molar-refractivity contribution in [2.45, 2.75) is 19.0 Å². The minimum Gasteiger partial charge on any atom is -0.357 e. The van der Waals surface area contributed by atoms with E-state index in [2.05, 4.69) is 20.5 Å². The van der Waals surface area contributed by atoms with Crippen LogP contribution in [0.5, 0.6) is 0 Å². The van der Waals surface area contributed by atoms with E-state index in [-0.39, 0.29) is 23.1 Å². The molecule has 2 heterocycles. The van der Waals surface area contributed by atoms with E-state index in [1.165, 1.54) is 30.5 Å². The van der Waals surface area contributed by atoms with Gasteiger partial charge in [0.1, 0.15) is 11.9 Å². The number of carbonyl (C=O) groups excluding carboxylic acids is 2. The molecule has 0 saturated carbocycles. The van der Waals surface area contributed by atoms with Gasteiger partial charge in [-0.25, -0.2) is 4.98 Å². The maximum absolute atomic E-state index is 12.9. The Balaban J connectivity index is 1.34. The van der Waals surface area contributed by atoms with E-state index in [9.17, 15) is 22.8 Å². The van der Waals surface area contributed by atoms with Gasteiger partial charge in [0.25, 0.3) is 5.91 Å². The number of nitrogens with one attached hydrogen (secondary N) is 2. The summed E-state index contributed by atoms with van der Waals surface area (Å²) < 4.78 is 38.8. The van der Waals surface area contributed by atoms with E-state index in [1.54, 1.807) is 24.3 Å². The lowest BCUT2D eigenvalue weighted by Crippen LogP contribution is -2.38. The van der Waals surface area contributed by atoms with Gasteiger partial charge >= 0.3 is 6.18 Å². The van der Waals surface area contributed by atoms with Crippen LogP contribution in [-0.2, 0) is 11.0 Å². The summed E-state index contributed by atoms with van der Waals surface area (Å²) >= 11 is 0. The summed E-state index contributed by atoms with van der Waals surface area (Å²) in [5.74, 6) is -0.221. The molecule has 1 aliphatic rings. The van der Waals surface area contributed by atoms with E-state index in [0.29, 0.717) is 37.2 Å². The van der Waals surface area contributed by atoms with Crippen molar-refractivity contribution in [3.05, 3.63) is 83.6 Å². The molecule has 0 bridgehead atoms. The van der Waals surface area contributed by atoms with E-state index >= 15 is 0 Å². The second-order valence-electron chi connectivity index (χ2n) is 8.38. The lowest BCUT2D eigenvalue weighted by Gasteiger charge is -2.32. The van der Waals surface area contributed by atoms with Gasteiger partial charge in [0.2, 0.25) is 5.91 Å². The van der Waals surface area contributed by atoms with Gasteiger partial charge in [0.05, 0.1) is 11.1 Å². The van der Waals surface area contributed by atoms with Crippen LogP contribution in [0, 0.1) is 17.2 Å². The summed E-state index contributed by atoms with van der Waals surface area (Å²) in [6.45, 7) is 1.27. The summed E-state index contributed by atoms with van der Waals surface area (Å²) in [5.41, 5.74) is 0.272. The van der Waals surface area contributed by atoms with Crippen LogP contribution in [0.2, 0.25) is 0 Å². The SMILES string of the molecule is N#Cc1ccc(N2CCC(C(=O)Nc3cccc(C(=O)Nc4cccc(C(F)(F)F)c4)c3)CC2)nc1. The Kier molecular flexibility index (Phi) is 7.20. The Bertz CT molecular complexity index is 1290. The van der Waals surface area contributed by atoms with Crippen LogP contribution >= 0.6 is 0 Å². The van der Waals surface area contributed by atoms with Gasteiger partial charge in [-0.15, -0.1) is 0 Å². The molecule has 2 aromatic carbocycles. The van der Waals surface area contributed by atoms with Gasteiger partial charge in [0, 0.05) is 42.1 Å². The molecular formula is C26H22F3N5O2. The minimum absolute atomic E-state index is 0.0211. The summed E-state index contributed by atoms with van der Waals surface area (Å²) in [5, 5.41) is 14.2. The molecule has 184 valence electrons. The van der Waals surface area contributed by atoms with Crippen molar-refractivity contribution < 1.29 is 22.8 Å². The number of halogens is 3. The van der Waals surface area contributed by atoms with Crippen LogP contribution in [0.15, 0.2) is 66.9 Å². The van der Waals surface area contributed by atoms with Gasteiger partial charge in [-0.2, -0.15) is 18.4 Å². The first-order valence-electron chi connectivity index (χ1n) is 11.2. The van der Waals surface area contributed by atoms with Crippen molar-refractivity contribution in [3.63, 3.8) is 0 Å². The highest BCUT2D eigenvalue weighted by atomic mass is 19.4. The number of rotatable bonds is 5. The maximum Gasteiger partial charge on any atom is 0.416 e. The number of nitrogens with zero attached hydrogens (tertiary/aromatic N) is 3. The smallest absolute Gasteiger partial charge is 0.357 e. The Morgan fingerprint density at radius 3 is 2.31 bits per heavy atom. The fourth-order valence-electron chi connectivity index (χ4n) is 3.97. The van der Waals surface area contributed by atoms with Crippen LogP contribution < -0.4 is 15.5 Å². The molecule has 0 spiro atoms. The van der Waals surface area contributed by atoms with Gasteiger partial charge in [-0.3, -0.25) is 9.59 Å². The molecule has 0 atom stereocenters. The molecular weight excluding hydrogens is 471 g/mol. The third kappa shape index (κ3) is 5.99. The van der Waals surface area contributed by atoms with Crippen LogP contribution in [0.4, 0.5) is 30.4 Å². The number of aromatic nitrogens is 1. The lowest BCUT2D eigenvalue weighted by atomic mass is 9.95. The van der Waals surface area contributed by atoms with Crippen LogP contribution in [0.25, 0.3) is 0 Å². The predicted octanol–water partition coefficient (Wildman–Crippen LogP) is 5.08. The summed E-state index contributed by atoms with van der Waals surface area (Å²) in [6, 6.07) is 16.1. The molecule has 0 radical (unpaired) electrons. The number of hydrogen-bond acceptors (Lipinski definition) is 5. The number of piperidine rings is 1. The molecule has 7 nitrogen and oxygen atoms in total. The average Bonchev–Trinajstić information content (AvgIpc) is 2.88. The van der Waals surface area contributed by atoms with Gasteiger partial charge < -0.3 is 15.5 Å². The normalized spacial score (nSPS) is 14.1. The Labute approximate surface area is 205 Å². The lowest BCUT2D eigenvalue weighted by molar-refractivity contribution is -0.137. The molecule has 3 aromatic rings. The third-order valence-corrected chi connectivity index (χ3v) is 5.91. The second-order valence-corrected chi connectivity index (χ2v) is 8.38. The number of amides is 2. The molecule has 2 N–H and O–H groups in total. The Morgan fingerprint density at radius 2 is 1.67 bits per heavy atom. The van der Waals surface area contributed by atoms with Crippen molar-refractivity contribution >= 4 is 29.0 Å². The Hall–Kier alpha value is -4.39. The highest BCUT2D eigenvalue weighted by Crippen LogP contribution is 2.31. The second kappa shape index (κ2) is 10.5. The zero-order valence-corrected chi connectivity index (χ0v) is 19.0. The number of nitriles is 1. The molecule has 36 heavy (non-hydrogen) atoms. The molecule has 1 saturated heterocycles. The molecule has 4 rings (SSSR count). The highest BCUT2D eigenvalue weighted by molar-refractivity contribution is 6.05. The van der Waals surface area contributed by atoms with Crippen molar-refractivity contribution in [3.8, 4) is 6.07 Å². The number of benzene rings is 2. The van der Waals surface area contributed by atoms with Crippen molar-refractivity contribution in [2.24, 2.45) is 5.92 Å². The number of hydrogen-bond donors (Lipinski definition) is 2. The number of pyridine rings is 1. The fourth-order valence-corrected chi connectivity index (χ4v) is 3.97. The fraction of sp³-hybridized carbons (Fsp3) is 0.231. The van der Waals surface area contributed by atoms with Gasteiger partial charge in [-0.05, 0) is 61.4 Å². The van der Waals surface area contributed by atoms with E-state index < -0.39 is 17.6 Å². The molecule has 0 unspecified atom stereocenters. The van der Waals surface area contributed by atoms with Crippen LogP contribution in [0.3, 0.4) is 0 Å². The van der Waals surface area contributed by atoms with Crippen molar-refractivity contribution in [1.82, 2.24) is 4.98 Å². The number of anilines is 3. The largest absolute Gasteiger partial charge is 0.416 e. The monoisotopic (exact) mass is 493 g/mol. The summed E-state index contributed by atoms with van der Waals surface area (Å²) in [7, 11) is 0. The molecule has 0 aliphatic carbocycles. The average molecular weight is 493 g/mol. The van der Waals surface area contributed by atoms with E-state index in [1.807, 2.05) is 6.07 Å².